The van der Waals surface area contributed by atoms with Crippen molar-refractivity contribution in [2.24, 2.45) is 0 Å². The van der Waals surface area contributed by atoms with Gasteiger partial charge in [-0.1, -0.05) is 6.08 Å². The molecule has 1 aromatic carbocycles. The summed E-state index contributed by atoms with van der Waals surface area (Å²) in [6, 6.07) is 4.81. The van der Waals surface area contributed by atoms with Gasteiger partial charge in [0.15, 0.2) is 0 Å². The molecule has 0 aliphatic rings. The Balaban J connectivity index is 2.75. The summed E-state index contributed by atoms with van der Waals surface area (Å²) in [6.07, 6.45) is 2.60. The van der Waals surface area contributed by atoms with Crippen LogP contribution in [-0.2, 0) is 11.3 Å². The van der Waals surface area contributed by atoms with Gasteiger partial charge in [-0.15, -0.1) is 6.58 Å². The summed E-state index contributed by atoms with van der Waals surface area (Å²) in [5.41, 5.74) is -1.60. The molecule has 0 fully saturated rings. The van der Waals surface area contributed by atoms with Gasteiger partial charge in [-0.3, -0.25) is 9.36 Å². The Morgan fingerprint density at radius 3 is 2.52 bits per heavy atom. The van der Waals surface area contributed by atoms with Crippen LogP contribution in [0.4, 0.5) is 4.39 Å². The van der Waals surface area contributed by atoms with E-state index in [1.54, 1.807) is 6.92 Å². The third-order valence-corrected chi connectivity index (χ3v) is 3.06. The fraction of sp³-hybridized carbons (Fsp3) is 0.188. The molecule has 7 heteroatoms. The van der Waals surface area contributed by atoms with Gasteiger partial charge < -0.3 is 4.74 Å². The van der Waals surface area contributed by atoms with Crippen molar-refractivity contribution < 1.29 is 13.9 Å². The van der Waals surface area contributed by atoms with Crippen molar-refractivity contribution in [3.05, 3.63) is 75.3 Å². The summed E-state index contributed by atoms with van der Waals surface area (Å²) in [4.78, 5) is 36.8. The second-order valence-electron chi connectivity index (χ2n) is 4.60. The molecule has 2 aromatic rings. The van der Waals surface area contributed by atoms with Crippen LogP contribution >= 0.6 is 0 Å². The molecule has 0 atom stereocenters. The van der Waals surface area contributed by atoms with Crippen LogP contribution in [0.15, 0.2) is 52.7 Å². The molecule has 0 unspecified atom stereocenters. The molecule has 2 rings (SSSR count). The number of nitrogens with zero attached hydrogens (tertiary/aromatic N) is 2. The lowest BCUT2D eigenvalue weighted by atomic mass is 10.2. The van der Waals surface area contributed by atoms with Crippen molar-refractivity contribution in [3.8, 4) is 5.69 Å². The summed E-state index contributed by atoms with van der Waals surface area (Å²) < 4.78 is 19.8. The SMILES string of the molecule is C=CCn1cc(C(=O)OCC)c(=O)n(-c2ccc(F)cc2)c1=O. The molecule has 0 saturated carbocycles. The predicted octanol–water partition coefficient (Wildman–Crippen LogP) is 1.50. The molecule has 0 aliphatic carbocycles. The van der Waals surface area contributed by atoms with E-state index in [4.69, 9.17) is 4.74 Å². The molecule has 0 radical (unpaired) electrons. The van der Waals surface area contributed by atoms with Gasteiger partial charge in [0.05, 0.1) is 12.3 Å². The van der Waals surface area contributed by atoms with Gasteiger partial charge in [0.1, 0.15) is 11.4 Å². The number of carbonyl (C=O) groups excluding carboxylic acids is 1. The number of ether oxygens (including phenoxy) is 1. The van der Waals surface area contributed by atoms with Crippen LogP contribution in [0.3, 0.4) is 0 Å². The molecule has 0 bridgehead atoms. The van der Waals surface area contributed by atoms with Gasteiger partial charge in [0, 0.05) is 12.7 Å². The summed E-state index contributed by atoms with van der Waals surface area (Å²) in [6.45, 7) is 5.34. The van der Waals surface area contributed by atoms with E-state index in [1.165, 1.54) is 18.2 Å². The standard InChI is InChI=1S/C16H15FN2O4/c1-3-9-18-10-13(15(21)23-4-2)14(20)19(16(18)22)12-7-5-11(17)6-8-12/h3,5-8,10H,1,4,9H2,2H3. The number of carbonyl (C=O) groups is 1. The Morgan fingerprint density at radius 1 is 1.30 bits per heavy atom. The largest absolute Gasteiger partial charge is 0.462 e. The van der Waals surface area contributed by atoms with Crippen molar-refractivity contribution >= 4 is 5.97 Å². The Kier molecular flexibility index (Phi) is 4.90. The first-order chi connectivity index (χ1) is 11.0. The molecule has 0 aliphatic heterocycles. The molecule has 120 valence electrons. The topological polar surface area (TPSA) is 70.3 Å². The number of benzene rings is 1. The van der Waals surface area contributed by atoms with Crippen LogP contribution in [-0.4, -0.2) is 21.7 Å². The third kappa shape index (κ3) is 3.28. The molecule has 1 aromatic heterocycles. The van der Waals surface area contributed by atoms with Gasteiger partial charge in [0.25, 0.3) is 5.56 Å². The average Bonchev–Trinajstić information content (AvgIpc) is 2.52. The highest BCUT2D eigenvalue weighted by Gasteiger charge is 2.19. The van der Waals surface area contributed by atoms with E-state index in [0.717, 1.165) is 27.5 Å². The summed E-state index contributed by atoms with van der Waals surface area (Å²) >= 11 is 0. The van der Waals surface area contributed by atoms with Crippen LogP contribution in [0.25, 0.3) is 5.69 Å². The van der Waals surface area contributed by atoms with Crippen molar-refractivity contribution in [3.63, 3.8) is 0 Å². The van der Waals surface area contributed by atoms with E-state index in [0.29, 0.717) is 0 Å². The first-order valence-electron chi connectivity index (χ1n) is 6.90. The number of allylic oxidation sites excluding steroid dienone is 1. The first-order valence-corrected chi connectivity index (χ1v) is 6.90. The van der Waals surface area contributed by atoms with E-state index in [1.807, 2.05) is 0 Å². The molecule has 6 nitrogen and oxygen atoms in total. The number of halogens is 1. The maximum atomic E-state index is 13.1. The van der Waals surface area contributed by atoms with Gasteiger partial charge in [0.2, 0.25) is 0 Å². The van der Waals surface area contributed by atoms with Gasteiger partial charge in [-0.25, -0.2) is 18.5 Å². The van der Waals surface area contributed by atoms with Crippen LogP contribution in [0.2, 0.25) is 0 Å². The maximum absolute atomic E-state index is 13.1. The molecular weight excluding hydrogens is 303 g/mol. The van der Waals surface area contributed by atoms with Crippen LogP contribution in [0.1, 0.15) is 17.3 Å². The fourth-order valence-corrected chi connectivity index (χ4v) is 2.04. The van der Waals surface area contributed by atoms with Crippen LogP contribution < -0.4 is 11.2 Å². The summed E-state index contributed by atoms with van der Waals surface area (Å²) in [5.74, 6) is -1.33. The molecule has 0 amide bonds. The van der Waals surface area contributed by atoms with E-state index in [-0.39, 0.29) is 24.4 Å². The van der Waals surface area contributed by atoms with Crippen molar-refractivity contribution in [1.29, 1.82) is 0 Å². The van der Waals surface area contributed by atoms with Crippen LogP contribution in [0, 0.1) is 5.82 Å². The van der Waals surface area contributed by atoms with Crippen molar-refractivity contribution in [2.75, 3.05) is 6.61 Å². The maximum Gasteiger partial charge on any atom is 0.345 e. The lowest BCUT2D eigenvalue weighted by Gasteiger charge is -2.11. The zero-order valence-corrected chi connectivity index (χ0v) is 12.5. The van der Waals surface area contributed by atoms with Gasteiger partial charge in [-0.05, 0) is 31.2 Å². The quantitative estimate of drug-likeness (QED) is 0.619. The summed E-state index contributed by atoms with van der Waals surface area (Å²) in [5, 5.41) is 0. The fourth-order valence-electron chi connectivity index (χ4n) is 2.04. The molecular formula is C16H15FN2O4. The molecule has 0 N–H and O–H groups in total. The smallest absolute Gasteiger partial charge is 0.345 e. The van der Waals surface area contributed by atoms with Crippen molar-refractivity contribution in [1.82, 2.24) is 9.13 Å². The lowest BCUT2D eigenvalue weighted by molar-refractivity contribution is 0.0522. The number of rotatable bonds is 5. The molecule has 1 heterocycles. The third-order valence-electron chi connectivity index (χ3n) is 3.06. The first kappa shape index (κ1) is 16.4. The molecule has 23 heavy (non-hydrogen) atoms. The molecule has 0 spiro atoms. The number of aromatic nitrogens is 2. The molecule has 0 saturated heterocycles. The summed E-state index contributed by atoms with van der Waals surface area (Å²) in [7, 11) is 0. The zero-order valence-electron chi connectivity index (χ0n) is 12.5. The van der Waals surface area contributed by atoms with Crippen LogP contribution in [0.5, 0.6) is 0 Å². The second-order valence-corrected chi connectivity index (χ2v) is 4.60. The van der Waals surface area contributed by atoms with E-state index >= 15 is 0 Å². The second kappa shape index (κ2) is 6.87. The lowest BCUT2D eigenvalue weighted by Crippen LogP contribution is -2.41. The Morgan fingerprint density at radius 2 is 1.96 bits per heavy atom. The van der Waals surface area contributed by atoms with Gasteiger partial charge >= 0.3 is 11.7 Å². The normalized spacial score (nSPS) is 10.3. The van der Waals surface area contributed by atoms with E-state index in [2.05, 4.69) is 6.58 Å². The minimum atomic E-state index is -0.828. The Labute approximate surface area is 131 Å². The highest BCUT2D eigenvalue weighted by atomic mass is 19.1. The predicted molar refractivity (Wildman–Crippen MR) is 82.4 cm³/mol. The Hall–Kier alpha value is -2.96. The van der Waals surface area contributed by atoms with E-state index < -0.39 is 23.0 Å². The average molecular weight is 318 g/mol. The number of hydrogen-bond donors (Lipinski definition) is 0. The highest BCUT2D eigenvalue weighted by Crippen LogP contribution is 2.06. The monoisotopic (exact) mass is 318 g/mol. The highest BCUT2D eigenvalue weighted by molar-refractivity contribution is 5.88. The van der Waals surface area contributed by atoms with Crippen molar-refractivity contribution in [2.45, 2.75) is 13.5 Å². The Bertz CT molecular complexity index is 850. The minimum Gasteiger partial charge on any atom is -0.462 e. The number of esters is 1. The van der Waals surface area contributed by atoms with Gasteiger partial charge in [-0.2, -0.15) is 0 Å². The number of hydrogen-bond acceptors (Lipinski definition) is 4. The zero-order chi connectivity index (χ0) is 17.0. The van der Waals surface area contributed by atoms with E-state index in [9.17, 15) is 18.8 Å². The minimum absolute atomic E-state index is 0.0927.